The van der Waals surface area contributed by atoms with Gasteiger partial charge in [-0.05, 0) is 35.9 Å². The molecule has 2 aromatic heterocycles. The SMILES string of the molecule is Cn1c(CNC(=O)c2ccncc2)nc2cc(C=CC(=O)NO)ccc21. The maximum Gasteiger partial charge on any atom is 0.267 e. The predicted molar refractivity (Wildman–Crippen MR) is 95.1 cm³/mol. The van der Waals surface area contributed by atoms with Crippen LogP contribution in [0, 0.1) is 0 Å². The van der Waals surface area contributed by atoms with Crippen LogP contribution in [0.15, 0.2) is 48.8 Å². The summed E-state index contributed by atoms with van der Waals surface area (Å²) in [6.07, 6.45) is 5.93. The molecule has 0 radical (unpaired) electrons. The summed E-state index contributed by atoms with van der Waals surface area (Å²) in [6, 6.07) is 8.83. The lowest BCUT2D eigenvalue weighted by atomic mass is 10.2. The van der Waals surface area contributed by atoms with Crippen molar-refractivity contribution in [3.05, 3.63) is 65.8 Å². The minimum atomic E-state index is -0.606. The summed E-state index contributed by atoms with van der Waals surface area (Å²) in [5.74, 6) is -0.0969. The van der Waals surface area contributed by atoms with Crippen molar-refractivity contribution in [2.75, 3.05) is 0 Å². The number of nitrogens with zero attached hydrogens (tertiary/aromatic N) is 3. The molecule has 0 spiro atoms. The third kappa shape index (κ3) is 3.76. The van der Waals surface area contributed by atoms with Gasteiger partial charge in [0.2, 0.25) is 0 Å². The van der Waals surface area contributed by atoms with E-state index in [-0.39, 0.29) is 12.5 Å². The van der Waals surface area contributed by atoms with E-state index in [9.17, 15) is 9.59 Å². The number of nitrogens with one attached hydrogen (secondary N) is 2. The first-order valence-electron chi connectivity index (χ1n) is 7.84. The second-order valence-electron chi connectivity index (χ2n) is 5.56. The molecule has 0 aliphatic carbocycles. The average Bonchev–Trinajstić information content (AvgIpc) is 3.00. The Morgan fingerprint density at radius 3 is 2.73 bits per heavy atom. The summed E-state index contributed by atoms with van der Waals surface area (Å²) in [6.45, 7) is 0.282. The van der Waals surface area contributed by atoms with E-state index in [4.69, 9.17) is 5.21 Å². The molecule has 132 valence electrons. The summed E-state index contributed by atoms with van der Waals surface area (Å²) in [7, 11) is 1.87. The van der Waals surface area contributed by atoms with E-state index >= 15 is 0 Å². The molecular weight excluding hydrogens is 334 g/mol. The smallest absolute Gasteiger partial charge is 0.267 e. The molecule has 3 rings (SSSR count). The highest BCUT2D eigenvalue weighted by Gasteiger charge is 2.10. The van der Waals surface area contributed by atoms with Crippen LogP contribution < -0.4 is 10.8 Å². The Kier molecular flexibility index (Phi) is 5.04. The van der Waals surface area contributed by atoms with Gasteiger partial charge in [0.25, 0.3) is 11.8 Å². The molecule has 0 saturated carbocycles. The predicted octanol–water partition coefficient (Wildman–Crippen LogP) is 1.42. The molecule has 26 heavy (non-hydrogen) atoms. The van der Waals surface area contributed by atoms with E-state index < -0.39 is 5.91 Å². The Labute approximate surface area is 149 Å². The number of fused-ring (bicyclic) bond motifs is 1. The Bertz CT molecular complexity index is 979. The molecule has 3 N–H and O–H groups in total. The fourth-order valence-corrected chi connectivity index (χ4v) is 2.50. The molecule has 0 fully saturated rings. The van der Waals surface area contributed by atoms with Gasteiger partial charge in [0.1, 0.15) is 5.82 Å². The van der Waals surface area contributed by atoms with Crippen molar-refractivity contribution in [3.8, 4) is 0 Å². The molecule has 0 unspecified atom stereocenters. The second-order valence-corrected chi connectivity index (χ2v) is 5.56. The number of carbonyl (C=O) groups is 2. The first-order chi connectivity index (χ1) is 12.6. The lowest BCUT2D eigenvalue weighted by Gasteiger charge is -2.05. The summed E-state index contributed by atoms with van der Waals surface area (Å²) in [5, 5.41) is 11.3. The van der Waals surface area contributed by atoms with E-state index in [0.29, 0.717) is 11.4 Å². The zero-order chi connectivity index (χ0) is 18.5. The van der Waals surface area contributed by atoms with Crippen LogP contribution in [0.1, 0.15) is 21.7 Å². The normalized spacial score (nSPS) is 11.0. The van der Waals surface area contributed by atoms with Crippen molar-refractivity contribution in [1.82, 2.24) is 25.3 Å². The van der Waals surface area contributed by atoms with E-state index in [2.05, 4.69) is 15.3 Å². The number of benzene rings is 1. The number of carbonyl (C=O) groups excluding carboxylic acids is 2. The van der Waals surface area contributed by atoms with Crippen molar-refractivity contribution >= 4 is 28.9 Å². The molecule has 0 aliphatic rings. The monoisotopic (exact) mass is 351 g/mol. The van der Waals surface area contributed by atoms with Gasteiger partial charge in [-0.25, -0.2) is 10.5 Å². The zero-order valence-electron chi connectivity index (χ0n) is 14.0. The molecule has 8 heteroatoms. The number of hydrogen-bond acceptors (Lipinski definition) is 5. The molecule has 1 aromatic carbocycles. The summed E-state index contributed by atoms with van der Waals surface area (Å²) in [4.78, 5) is 31.6. The van der Waals surface area contributed by atoms with Crippen molar-refractivity contribution in [2.24, 2.45) is 7.05 Å². The van der Waals surface area contributed by atoms with Crippen LogP contribution in [0.5, 0.6) is 0 Å². The topological polar surface area (TPSA) is 109 Å². The number of hydrogen-bond donors (Lipinski definition) is 3. The van der Waals surface area contributed by atoms with Gasteiger partial charge in [-0.1, -0.05) is 6.07 Å². The number of hydroxylamine groups is 1. The van der Waals surface area contributed by atoms with Crippen LogP contribution in [0.4, 0.5) is 0 Å². The lowest BCUT2D eigenvalue weighted by Crippen LogP contribution is -2.24. The Hall–Kier alpha value is -3.52. The zero-order valence-corrected chi connectivity index (χ0v) is 14.0. The average molecular weight is 351 g/mol. The lowest BCUT2D eigenvalue weighted by molar-refractivity contribution is -0.124. The van der Waals surface area contributed by atoms with Gasteiger partial charge in [-0.3, -0.25) is 19.8 Å². The van der Waals surface area contributed by atoms with Gasteiger partial charge >= 0.3 is 0 Å². The van der Waals surface area contributed by atoms with Crippen LogP contribution >= 0.6 is 0 Å². The van der Waals surface area contributed by atoms with Gasteiger partial charge in [0.15, 0.2) is 0 Å². The minimum absolute atomic E-state index is 0.196. The molecule has 0 bridgehead atoms. The Balaban J connectivity index is 1.77. The number of amides is 2. The van der Waals surface area contributed by atoms with Crippen LogP contribution in [0.2, 0.25) is 0 Å². The van der Waals surface area contributed by atoms with Crippen molar-refractivity contribution < 1.29 is 14.8 Å². The Morgan fingerprint density at radius 1 is 1.23 bits per heavy atom. The number of imidazole rings is 1. The molecule has 3 aromatic rings. The third-order valence-corrected chi connectivity index (χ3v) is 3.88. The van der Waals surface area contributed by atoms with Gasteiger partial charge in [-0.2, -0.15) is 0 Å². The van der Waals surface area contributed by atoms with Gasteiger partial charge < -0.3 is 9.88 Å². The van der Waals surface area contributed by atoms with Crippen molar-refractivity contribution in [2.45, 2.75) is 6.54 Å². The van der Waals surface area contributed by atoms with Crippen LogP contribution in [-0.2, 0) is 18.4 Å². The molecule has 0 atom stereocenters. The van der Waals surface area contributed by atoms with Crippen molar-refractivity contribution in [3.63, 3.8) is 0 Å². The minimum Gasteiger partial charge on any atom is -0.345 e. The fraction of sp³-hybridized carbons (Fsp3) is 0.111. The molecule has 2 heterocycles. The first-order valence-corrected chi connectivity index (χ1v) is 7.84. The van der Waals surface area contributed by atoms with E-state index in [1.165, 1.54) is 11.6 Å². The molecule has 8 nitrogen and oxygen atoms in total. The summed E-state index contributed by atoms with van der Waals surface area (Å²) in [5.41, 5.74) is 4.49. The number of rotatable bonds is 5. The van der Waals surface area contributed by atoms with Crippen molar-refractivity contribution in [1.29, 1.82) is 0 Å². The second kappa shape index (κ2) is 7.58. The van der Waals surface area contributed by atoms with Crippen LogP contribution in [-0.4, -0.2) is 31.6 Å². The maximum absolute atomic E-state index is 12.1. The Morgan fingerprint density at radius 2 is 2.00 bits per heavy atom. The first kappa shape index (κ1) is 17.3. The maximum atomic E-state index is 12.1. The third-order valence-electron chi connectivity index (χ3n) is 3.88. The van der Waals surface area contributed by atoms with Gasteiger partial charge in [0.05, 0.1) is 17.6 Å². The molecule has 2 amide bonds. The molecular formula is C18H17N5O3. The van der Waals surface area contributed by atoms with E-state index in [0.717, 1.165) is 16.6 Å². The van der Waals surface area contributed by atoms with E-state index in [1.807, 2.05) is 29.8 Å². The number of aryl methyl sites for hydroxylation is 1. The standard InChI is InChI=1S/C18H17N5O3/c1-23-15-4-2-12(3-5-17(24)22-26)10-14(15)21-16(23)11-20-18(25)13-6-8-19-9-7-13/h2-10,26H,11H2,1H3,(H,20,25)(H,22,24). The highest BCUT2D eigenvalue weighted by molar-refractivity contribution is 5.94. The largest absolute Gasteiger partial charge is 0.345 e. The van der Waals surface area contributed by atoms with Gasteiger partial charge in [0, 0.05) is 31.1 Å². The van der Waals surface area contributed by atoms with E-state index in [1.54, 1.807) is 30.6 Å². The summed E-state index contributed by atoms with van der Waals surface area (Å²) < 4.78 is 1.90. The van der Waals surface area contributed by atoms with Crippen LogP contribution in [0.3, 0.4) is 0 Å². The quantitative estimate of drug-likeness (QED) is 0.366. The highest BCUT2D eigenvalue weighted by atomic mass is 16.5. The fourth-order valence-electron chi connectivity index (χ4n) is 2.50. The number of aromatic nitrogens is 3. The van der Waals surface area contributed by atoms with Crippen LogP contribution in [0.25, 0.3) is 17.1 Å². The number of pyridine rings is 1. The molecule has 0 saturated heterocycles. The van der Waals surface area contributed by atoms with Gasteiger partial charge in [-0.15, -0.1) is 0 Å². The summed E-state index contributed by atoms with van der Waals surface area (Å²) >= 11 is 0. The highest BCUT2D eigenvalue weighted by Crippen LogP contribution is 2.17. The molecule has 0 aliphatic heterocycles.